The number of rotatable bonds is 28. The minimum Gasteiger partial charge on any atom is -0.463 e. The molecule has 19 atom stereocenters. The van der Waals surface area contributed by atoms with Crippen molar-refractivity contribution in [2.24, 2.45) is 0 Å². The molecule has 4 aliphatic rings. The Labute approximate surface area is 479 Å². The molecule has 4 heterocycles. The molecular weight excluding hydrogens is 1160 g/mol. The standard InChI is InChI=1S/C49H68O34S/c1-19(50)64-14-31(69-23(5)54)36(71-25(7)56)37(32(70-24(6)55)15-65-20(2)51)81-47-45(76-30(12)61)42(74-28(10)59)39(33(77-47)16-66-21(3)52)82-49-46-43(80-46)40(34(78-49)17-67-22(4)53)83-48-44(75-29(11)60)41(73-27(9)58)38(72-26(8)57)35(79-48)18-68-84(13,62)63/h31-49H,14-18H2,1-13H3/t31-,32+,33+,34+,35+,36+,37+,38+,39+,40+,41-,42-,43-,44+,45+,46-,47+,48+,49+/m0/s1. The second-order valence-corrected chi connectivity index (χ2v) is 20.6. The van der Waals surface area contributed by atoms with Crippen LogP contribution in [-0.2, 0) is 162 Å². The fraction of sp³-hybridized carbons (Fsp3) is 0.755. The van der Waals surface area contributed by atoms with Crippen LogP contribution in [0.15, 0.2) is 0 Å². The van der Waals surface area contributed by atoms with E-state index >= 15 is 0 Å². The molecule has 0 radical (unpaired) electrons. The predicted octanol–water partition coefficient (Wildman–Crippen LogP) is -2.23. The van der Waals surface area contributed by atoms with Crippen molar-refractivity contribution in [2.45, 2.75) is 200 Å². The predicted molar refractivity (Wildman–Crippen MR) is 261 cm³/mol. The van der Waals surface area contributed by atoms with E-state index in [-0.39, 0.29) is 0 Å². The van der Waals surface area contributed by atoms with E-state index in [9.17, 15) is 66.0 Å². The monoisotopic (exact) mass is 1230 g/mol. The molecule has 0 aromatic heterocycles. The maximum atomic E-state index is 13.2. The lowest BCUT2D eigenvalue weighted by atomic mass is 9.96. The van der Waals surface area contributed by atoms with E-state index in [0.717, 1.165) is 83.1 Å². The molecule has 0 spiro atoms. The Morgan fingerprint density at radius 1 is 0.357 bits per heavy atom. The van der Waals surface area contributed by atoms with E-state index in [1.165, 1.54) is 0 Å². The molecule has 474 valence electrons. The van der Waals surface area contributed by atoms with Gasteiger partial charge in [-0.25, -0.2) is 0 Å². The Balaban J connectivity index is 1.87. The van der Waals surface area contributed by atoms with Gasteiger partial charge in [-0.3, -0.25) is 61.7 Å². The minimum absolute atomic E-state index is 0.699. The van der Waals surface area contributed by atoms with Crippen molar-refractivity contribution < 1.29 is 160 Å². The summed E-state index contributed by atoms with van der Waals surface area (Å²) in [5.74, 6) is -12.1. The molecule has 4 rings (SSSR count). The molecule has 4 fully saturated rings. The van der Waals surface area contributed by atoms with Crippen molar-refractivity contribution >= 4 is 81.7 Å². The van der Waals surface area contributed by atoms with Gasteiger partial charge < -0.3 is 90.0 Å². The Morgan fingerprint density at radius 3 is 1.17 bits per heavy atom. The van der Waals surface area contributed by atoms with Gasteiger partial charge in [-0.2, -0.15) is 8.42 Å². The quantitative estimate of drug-likeness (QED) is 0.0346. The van der Waals surface area contributed by atoms with Gasteiger partial charge in [-0.05, 0) is 0 Å². The third-order valence-corrected chi connectivity index (χ3v) is 12.2. The Bertz CT molecular complexity index is 2520. The number of ether oxygens (including phenoxy) is 19. The third-order valence-electron chi connectivity index (χ3n) is 11.6. The Hall–Kier alpha value is -6.73. The van der Waals surface area contributed by atoms with Gasteiger partial charge in [0.15, 0.2) is 67.7 Å². The summed E-state index contributed by atoms with van der Waals surface area (Å²) in [4.78, 5) is 151. The fourth-order valence-corrected chi connectivity index (χ4v) is 9.17. The molecule has 0 bridgehead atoms. The zero-order valence-electron chi connectivity index (χ0n) is 47.8. The van der Waals surface area contributed by atoms with Crippen molar-refractivity contribution in [1.29, 1.82) is 0 Å². The van der Waals surface area contributed by atoms with Gasteiger partial charge in [0.1, 0.15) is 75.3 Å². The highest BCUT2D eigenvalue weighted by molar-refractivity contribution is 7.86. The number of epoxide rings is 1. The molecule has 84 heavy (non-hydrogen) atoms. The van der Waals surface area contributed by atoms with Crippen molar-refractivity contribution in [2.75, 3.05) is 39.3 Å². The summed E-state index contributed by atoms with van der Waals surface area (Å²) in [6.07, 6.45) is -33.1. The maximum Gasteiger partial charge on any atom is 0.303 e. The zero-order valence-corrected chi connectivity index (χ0v) is 48.6. The lowest BCUT2D eigenvalue weighted by Crippen LogP contribution is -2.66. The number of fused-ring (bicyclic) bond motifs is 1. The molecule has 4 aliphatic heterocycles. The molecule has 0 unspecified atom stereocenters. The van der Waals surface area contributed by atoms with Crippen LogP contribution in [0.25, 0.3) is 0 Å². The first-order valence-electron chi connectivity index (χ1n) is 25.5. The summed E-state index contributed by atoms with van der Waals surface area (Å²) in [5, 5.41) is 0. The molecule has 35 heteroatoms. The van der Waals surface area contributed by atoms with Crippen molar-refractivity contribution in [3.8, 4) is 0 Å². The number of carbonyl (C=O) groups excluding carboxylic acids is 12. The second kappa shape index (κ2) is 31.4. The smallest absolute Gasteiger partial charge is 0.303 e. The molecule has 0 aromatic rings. The fourth-order valence-electron chi connectivity index (χ4n) is 8.79. The van der Waals surface area contributed by atoms with Crippen LogP contribution in [-0.4, -0.2) is 236 Å². The number of carbonyl (C=O) groups is 12. The van der Waals surface area contributed by atoms with E-state index in [1.807, 2.05) is 0 Å². The van der Waals surface area contributed by atoms with Gasteiger partial charge in [-0.15, -0.1) is 0 Å². The van der Waals surface area contributed by atoms with Crippen LogP contribution < -0.4 is 0 Å². The molecule has 0 aromatic carbocycles. The highest BCUT2D eigenvalue weighted by Gasteiger charge is 2.64. The Morgan fingerprint density at radius 2 is 0.726 bits per heavy atom. The van der Waals surface area contributed by atoms with Crippen molar-refractivity contribution in [1.82, 2.24) is 0 Å². The van der Waals surface area contributed by atoms with Crippen LogP contribution in [0.1, 0.15) is 83.1 Å². The SMILES string of the molecule is CC(=O)OC[C@H](OC(C)=O)[C@@H](OC(C)=O)[C@H](O[C@H]1O[C@H](COC(C)=O)[C@@H](O[C@H]2O[C@H](COC(C)=O)[C@@H](O[C@H]3O[C@H](COS(C)(=O)=O)[C@@H](OC(C)=O)[C@H](OC(C)=O)[C@H]3OC(C)=O)[C@@H]3O[C@H]23)[C@H](OC(C)=O)[C@H]1OC(C)=O)[C@@H](COC(C)=O)OC(C)=O. The van der Waals surface area contributed by atoms with Crippen molar-refractivity contribution in [3.05, 3.63) is 0 Å². The van der Waals surface area contributed by atoms with E-state index in [1.54, 1.807) is 0 Å². The maximum absolute atomic E-state index is 13.2. The number of esters is 12. The summed E-state index contributed by atoms with van der Waals surface area (Å²) < 4.78 is 139. The van der Waals surface area contributed by atoms with Gasteiger partial charge in [0.25, 0.3) is 10.1 Å². The van der Waals surface area contributed by atoms with E-state index in [0.29, 0.717) is 6.26 Å². The average Bonchev–Trinajstić information content (AvgIpc) is 2.57. The summed E-state index contributed by atoms with van der Waals surface area (Å²) >= 11 is 0. The minimum atomic E-state index is -4.24. The first-order chi connectivity index (χ1) is 39.1. The normalized spacial score (nSPS) is 29.4. The van der Waals surface area contributed by atoms with Gasteiger partial charge in [0.2, 0.25) is 0 Å². The van der Waals surface area contributed by atoms with Gasteiger partial charge in [-0.1, -0.05) is 0 Å². The third kappa shape index (κ3) is 22.0. The highest BCUT2D eigenvalue weighted by atomic mass is 32.2. The Kier molecular flexibility index (Phi) is 26.1. The van der Waals surface area contributed by atoms with Crippen LogP contribution in [0, 0.1) is 0 Å². The molecule has 4 saturated heterocycles. The molecule has 0 amide bonds. The van der Waals surface area contributed by atoms with Crippen LogP contribution in [0.2, 0.25) is 0 Å². The van der Waals surface area contributed by atoms with Gasteiger partial charge in [0.05, 0.1) is 12.9 Å². The van der Waals surface area contributed by atoms with Crippen LogP contribution in [0.5, 0.6) is 0 Å². The van der Waals surface area contributed by atoms with E-state index in [2.05, 4.69) is 0 Å². The lowest BCUT2D eigenvalue weighted by Gasteiger charge is -2.48. The molecule has 0 saturated carbocycles. The number of hydrogen-bond acceptors (Lipinski definition) is 34. The highest BCUT2D eigenvalue weighted by Crippen LogP contribution is 2.44. The summed E-state index contributed by atoms with van der Waals surface area (Å²) in [7, 11) is -4.24. The first-order valence-corrected chi connectivity index (χ1v) is 27.3. The van der Waals surface area contributed by atoms with E-state index < -0.39 is 231 Å². The molecular formula is C49H68O34S. The average molecular weight is 1230 g/mol. The van der Waals surface area contributed by atoms with Crippen LogP contribution in [0.4, 0.5) is 0 Å². The zero-order chi connectivity index (χ0) is 63.1. The van der Waals surface area contributed by atoms with Crippen molar-refractivity contribution in [3.63, 3.8) is 0 Å². The second-order valence-electron chi connectivity index (χ2n) is 18.9. The van der Waals surface area contributed by atoms with Crippen LogP contribution in [0.3, 0.4) is 0 Å². The summed E-state index contributed by atoms with van der Waals surface area (Å²) in [6.45, 7) is 7.25. The van der Waals surface area contributed by atoms with E-state index in [4.69, 9.17) is 94.2 Å². The molecule has 0 aliphatic carbocycles. The lowest BCUT2D eigenvalue weighted by molar-refractivity contribution is -0.358. The van der Waals surface area contributed by atoms with Gasteiger partial charge in [0, 0.05) is 83.1 Å². The summed E-state index contributed by atoms with van der Waals surface area (Å²) in [5.41, 5.74) is 0. The topological polar surface area (TPSA) is 427 Å². The first kappa shape index (κ1) is 69.8. The molecule has 34 nitrogen and oxygen atoms in total. The van der Waals surface area contributed by atoms with Gasteiger partial charge >= 0.3 is 71.6 Å². The number of hydrogen-bond donors (Lipinski definition) is 0. The molecule has 0 N–H and O–H groups in total. The van der Waals surface area contributed by atoms with Crippen LogP contribution >= 0.6 is 0 Å². The largest absolute Gasteiger partial charge is 0.463 e. The summed E-state index contributed by atoms with van der Waals surface area (Å²) in [6, 6.07) is 0.